The SMILES string of the molecule is C[Si](C)(C)OCOC(=O)CC(=O)OCO[Si](C)(O[Si](C)(C)C)c1ccccc1. The molecule has 0 amide bonds. The van der Waals surface area contributed by atoms with E-state index in [-0.39, 0.29) is 13.6 Å². The highest BCUT2D eigenvalue weighted by molar-refractivity contribution is 6.89. The molecule has 0 saturated carbocycles. The Bertz CT molecular complexity index is 641. The molecule has 1 atom stereocenters. The van der Waals surface area contributed by atoms with Gasteiger partial charge < -0.3 is 22.4 Å². The fourth-order valence-electron chi connectivity index (χ4n) is 2.20. The standard InChI is InChI=1S/C18H32O7Si3/c1-26(2,3)23-14-21-17(19)13-18(20)22-15-24-28(7,25-27(4,5)6)16-11-9-8-10-12-16/h8-12H,13-15H2,1-7H3. The zero-order valence-electron chi connectivity index (χ0n) is 17.9. The lowest BCUT2D eigenvalue weighted by Gasteiger charge is -2.33. The van der Waals surface area contributed by atoms with Crippen molar-refractivity contribution in [2.45, 2.75) is 52.2 Å². The van der Waals surface area contributed by atoms with Crippen LogP contribution in [0.5, 0.6) is 0 Å². The number of benzene rings is 1. The molecule has 0 aliphatic heterocycles. The van der Waals surface area contributed by atoms with E-state index in [4.69, 9.17) is 22.4 Å². The normalized spacial score (nSPS) is 14.2. The molecule has 7 nitrogen and oxygen atoms in total. The zero-order valence-corrected chi connectivity index (χ0v) is 20.9. The van der Waals surface area contributed by atoms with E-state index in [1.807, 2.05) is 56.5 Å². The minimum atomic E-state index is -2.76. The van der Waals surface area contributed by atoms with Gasteiger partial charge in [0.15, 0.2) is 30.2 Å². The van der Waals surface area contributed by atoms with Gasteiger partial charge >= 0.3 is 20.5 Å². The predicted octanol–water partition coefficient (Wildman–Crippen LogP) is 3.08. The molecular formula is C18H32O7Si3. The third-order valence-electron chi connectivity index (χ3n) is 3.35. The average molecular weight is 445 g/mol. The maximum atomic E-state index is 11.9. The third-order valence-corrected chi connectivity index (χ3v) is 10.4. The van der Waals surface area contributed by atoms with Gasteiger partial charge in [0.05, 0.1) is 0 Å². The summed E-state index contributed by atoms with van der Waals surface area (Å²) in [6.45, 7) is 13.7. The third kappa shape index (κ3) is 10.3. The molecule has 0 bridgehead atoms. The smallest absolute Gasteiger partial charge is 0.361 e. The molecule has 28 heavy (non-hydrogen) atoms. The molecule has 158 valence electrons. The van der Waals surface area contributed by atoms with E-state index >= 15 is 0 Å². The van der Waals surface area contributed by atoms with Crippen LogP contribution in [-0.2, 0) is 32.0 Å². The Morgan fingerprint density at radius 2 is 1.25 bits per heavy atom. The summed E-state index contributed by atoms with van der Waals surface area (Å²) < 4.78 is 27.6. The molecule has 0 heterocycles. The molecule has 1 unspecified atom stereocenters. The van der Waals surface area contributed by atoms with Gasteiger partial charge in [0.2, 0.25) is 0 Å². The van der Waals surface area contributed by atoms with E-state index in [9.17, 15) is 9.59 Å². The molecule has 0 aliphatic rings. The molecule has 1 rings (SSSR count). The minimum absolute atomic E-state index is 0.151. The number of carbonyl (C=O) groups is 2. The van der Waals surface area contributed by atoms with E-state index in [1.165, 1.54) is 0 Å². The maximum absolute atomic E-state index is 11.9. The second kappa shape index (κ2) is 10.5. The van der Waals surface area contributed by atoms with Gasteiger partial charge in [-0.2, -0.15) is 0 Å². The Labute approximate surface area is 170 Å². The topological polar surface area (TPSA) is 80.3 Å². The van der Waals surface area contributed by atoms with Crippen molar-refractivity contribution in [3.05, 3.63) is 30.3 Å². The van der Waals surface area contributed by atoms with Gasteiger partial charge in [-0.3, -0.25) is 9.59 Å². The highest BCUT2D eigenvalue weighted by Gasteiger charge is 2.39. The van der Waals surface area contributed by atoms with Gasteiger partial charge in [0.1, 0.15) is 6.42 Å². The molecule has 0 aromatic heterocycles. The lowest BCUT2D eigenvalue weighted by molar-refractivity contribution is -0.162. The molecule has 0 saturated heterocycles. The van der Waals surface area contributed by atoms with E-state index in [1.54, 1.807) is 0 Å². The summed E-state index contributed by atoms with van der Waals surface area (Å²) in [5, 5.41) is 0.955. The zero-order chi connectivity index (χ0) is 21.4. The van der Waals surface area contributed by atoms with Crippen molar-refractivity contribution >= 4 is 42.3 Å². The molecular weight excluding hydrogens is 412 g/mol. The Morgan fingerprint density at radius 1 is 0.750 bits per heavy atom. The highest BCUT2D eigenvalue weighted by atomic mass is 28.4. The van der Waals surface area contributed by atoms with Gasteiger partial charge in [0.25, 0.3) is 0 Å². The summed E-state index contributed by atoms with van der Waals surface area (Å²) in [5.74, 6) is -1.40. The van der Waals surface area contributed by atoms with Crippen LogP contribution in [0, 0.1) is 0 Å². The summed E-state index contributed by atoms with van der Waals surface area (Å²) >= 11 is 0. The lowest BCUT2D eigenvalue weighted by atomic mass is 10.4. The summed E-state index contributed by atoms with van der Waals surface area (Å²) in [6, 6.07) is 9.66. The van der Waals surface area contributed by atoms with Crippen molar-refractivity contribution in [2.24, 2.45) is 0 Å². The number of rotatable bonds is 11. The fraction of sp³-hybridized carbons (Fsp3) is 0.556. The van der Waals surface area contributed by atoms with Crippen LogP contribution in [0.2, 0.25) is 45.8 Å². The Kier molecular flexibility index (Phi) is 9.24. The first-order chi connectivity index (χ1) is 12.8. The minimum Gasteiger partial charge on any atom is -0.439 e. The summed E-state index contributed by atoms with van der Waals surface area (Å²) in [5.41, 5.74) is 0. The van der Waals surface area contributed by atoms with Gasteiger partial charge in [-0.1, -0.05) is 30.3 Å². The fourth-order valence-corrected chi connectivity index (χ4v) is 9.24. The Balaban J connectivity index is 2.53. The summed E-state index contributed by atoms with van der Waals surface area (Å²) in [7, 11) is -6.43. The lowest BCUT2D eigenvalue weighted by Crippen LogP contribution is -2.56. The number of hydrogen-bond donors (Lipinski definition) is 0. The highest BCUT2D eigenvalue weighted by Crippen LogP contribution is 2.16. The predicted molar refractivity (Wildman–Crippen MR) is 114 cm³/mol. The van der Waals surface area contributed by atoms with E-state index in [0.29, 0.717) is 0 Å². The number of hydrogen-bond acceptors (Lipinski definition) is 7. The number of carbonyl (C=O) groups excluding carboxylic acids is 2. The first-order valence-electron chi connectivity index (χ1n) is 9.16. The largest absolute Gasteiger partial charge is 0.439 e. The average Bonchev–Trinajstić information content (AvgIpc) is 2.52. The quantitative estimate of drug-likeness (QED) is 0.224. The second-order valence-corrected chi connectivity index (χ2v) is 20.7. The van der Waals surface area contributed by atoms with Crippen molar-refractivity contribution in [2.75, 3.05) is 13.6 Å². The van der Waals surface area contributed by atoms with Crippen molar-refractivity contribution in [1.29, 1.82) is 0 Å². The van der Waals surface area contributed by atoms with Gasteiger partial charge in [-0.25, -0.2) is 0 Å². The molecule has 0 spiro atoms. The first-order valence-corrected chi connectivity index (χ1v) is 18.3. The van der Waals surface area contributed by atoms with Gasteiger partial charge in [-0.15, -0.1) is 0 Å². The van der Waals surface area contributed by atoms with Crippen LogP contribution >= 0.6 is 0 Å². The molecule has 0 aliphatic carbocycles. The van der Waals surface area contributed by atoms with Crippen molar-refractivity contribution in [1.82, 2.24) is 0 Å². The Morgan fingerprint density at radius 3 is 1.71 bits per heavy atom. The molecule has 0 fully saturated rings. The Hall–Kier alpha value is -1.31. The molecule has 0 radical (unpaired) electrons. The van der Waals surface area contributed by atoms with Crippen molar-refractivity contribution < 1.29 is 32.0 Å². The molecule has 1 aromatic carbocycles. The maximum Gasteiger partial charge on any atom is 0.361 e. The number of ether oxygens (including phenoxy) is 2. The van der Waals surface area contributed by atoms with E-state index < -0.39 is 43.6 Å². The number of esters is 2. The van der Waals surface area contributed by atoms with Crippen LogP contribution in [0.3, 0.4) is 0 Å². The van der Waals surface area contributed by atoms with E-state index in [0.717, 1.165) is 5.19 Å². The van der Waals surface area contributed by atoms with Crippen LogP contribution in [0.4, 0.5) is 0 Å². The molecule has 0 N–H and O–H groups in total. The van der Waals surface area contributed by atoms with Gasteiger partial charge in [0, 0.05) is 0 Å². The second-order valence-electron chi connectivity index (χ2n) is 8.37. The first kappa shape index (κ1) is 24.7. The van der Waals surface area contributed by atoms with Gasteiger partial charge in [-0.05, 0) is 51.0 Å². The summed E-state index contributed by atoms with van der Waals surface area (Å²) in [6.07, 6.45) is -0.489. The van der Waals surface area contributed by atoms with Crippen molar-refractivity contribution in [3.63, 3.8) is 0 Å². The van der Waals surface area contributed by atoms with Crippen LogP contribution < -0.4 is 5.19 Å². The van der Waals surface area contributed by atoms with E-state index in [2.05, 4.69) is 19.6 Å². The monoisotopic (exact) mass is 444 g/mol. The molecule has 10 heteroatoms. The van der Waals surface area contributed by atoms with Crippen LogP contribution in [0.1, 0.15) is 6.42 Å². The van der Waals surface area contributed by atoms with Crippen molar-refractivity contribution in [3.8, 4) is 0 Å². The molecule has 1 aromatic rings. The van der Waals surface area contributed by atoms with Crippen LogP contribution in [0.25, 0.3) is 0 Å². The van der Waals surface area contributed by atoms with Crippen LogP contribution in [-0.4, -0.2) is 50.7 Å². The summed E-state index contributed by atoms with van der Waals surface area (Å²) in [4.78, 5) is 23.5. The van der Waals surface area contributed by atoms with Crippen LogP contribution in [0.15, 0.2) is 30.3 Å².